The van der Waals surface area contributed by atoms with Crippen LogP contribution in [0.25, 0.3) is 0 Å². The van der Waals surface area contributed by atoms with Gasteiger partial charge in [0.1, 0.15) is 0 Å². The zero-order chi connectivity index (χ0) is 7.56. The van der Waals surface area contributed by atoms with Gasteiger partial charge in [0.25, 0.3) is 0 Å². The first kappa shape index (κ1) is 8.39. The molecule has 1 heterocycles. The third-order valence-corrected chi connectivity index (χ3v) is 2.40. The molecule has 0 fully saturated rings. The summed E-state index contributed by atoms with van der Waals surface area (Å²) in [6.45, 7) is 0. The maximum atomic E-state index is 12.5. The van der Waals surface area contributed by atoms with Gasteiger partial charge in [0.15, 0.2) is 5.82 Å². The van der Waals surface area contributed by atoms with E-state index in [2.05, 4.69) is 20.9 Å². The lowest BCUT2D eigenvalue weighted by atomic mass is 10.4. The molecule has 54 valence electrons. The van der Waals surface area contributed by atoms with Gasteiger partial charge in [-0.05, 0) is 28.7 Å². The van der Waals surface area contributed by atoms with Crippen LogP contribution in [0.3, 0.4) is 0 Å². The highest BCUT2D eigenvalue weighted by Gasteiger charge is 1.99. The Bertz CT molecular complexity index is 241. The maximum Gasteiger partial charge on any atom is 0.154 e. The molecule has 1 aromatic rings. The lowest BCUT2D eigenvalue weighted by Gasteiger charge is -1.95. The molecule has 0 saturated heterocycles. The van der Waals surface area contributed by atoms with Crippen LogP contribution in [0.2, 0.25) is 0 Å². The van der Waals surface area contributed by atoms with E-state index in [1.165, 1.54) is 6.20 Å². The van der Waals surface area contributed by atoms with Crippen molar-refractivity contribution in [3.8, 4) is 0 Å². The Morgan fingerprint density at radius 2 is 2.40 bits per heavy atom. The summed E-state index contributed by atoms with van der Waals surface area (Å²) < 4.78 is 13.2. The average molecular weight is 316 g/mol. The van der Waals surface area contributed by atoms with Crippen LogP contribution >= 0.6 is 38.5 Å². The van der Waals surface area contributed by atoms with E-state index in [1.807, 2.05) is 22.6 Å². The van der Waals surface area contributed by atoms with Gasteiger partial charge >= 0.3 is 0 Å². The van der Waals surface area contributed by atoms with E-state index in [1.54, 1.807) is 6.07 Å². The number of pyridine rings is 1. The Balaban J connectivity index is 3.04. The molecule has 0 aliphatic carbocycles. The van der Waals surface area contributed by atoms with Crippen LogP contribution in [0, 0.1) is 9.39 Å². The fraction of sp³-hybridized carbons (Fsp3) is 0.167. The normalized spacial score (nSPS) is 9.90. The smallest absolute Gasteiger partial charge is 0.154 e. The molecule has 1 aromatic heterocycles. The minimum absolute atomic E-state index is 0.259. The van der Waals surface area contributed by atoms with Crippen LogP contribution in [-0.4, -0.2) is 4.98 Å². The fourth-order valence-corrected chi connectivity index (χ4v) is 1.33. The molecule has 0 atom stereocenters. The van der Waals surface area contributed by atoms with Crippen LogP contribution in [0.1, 0.15) is 5.69 Å². The fourth-order valence-electron chi connectivity index (χ4n) is 0.527. The lowest BCUT2D eigenvalue weighted by Crippen LogP contribution is -1.89. The van der Waals surface area contributed by atoms with E-state index in [4.69, 9.17) is 0 Å². The number of hydrogen-bond acceptors (Lipinski definition) is 1. The number of halogens is 3. The molecule has 0 aromatic carbocycles. The zero-order valence-electron chi connectivity index (χ0n) is 4.94. The second kappa shape index (κ2) is 3.61. The molecule has 4 heteroatoms. The largest absolute Gasteiger partial charge is 0.257 e. The van der Waals surface area contributed by atoms with E-state index in [9.17, 15) is 4.39 Å². The number of hydrogen-bond donors (Lipinski definition) is 0. The number of rotatable bonds is 1. The van der Waals surface area contributed by atoms with Gasteiger partial charge in [-0.3, -0.25) is 4.98 Å². The van der Waals surface area contributed by atoms with Crippen molar-refractivity contribution in [3.05, 3.63) is 27.3 Å². The van der Waals surface area contributed by atoms with Crippen molar-refractivity contribution in [2.45, 2.75) is 5.33 Å². The highest BCUT2D eigenvalue weighted by Crippen LogP contribution is 2.11. The molecule has 0 unspecified atom stereocenters. The molecule has 0 amide bonds. The Morgan fingerprint density at radius 3 is 2.90 bits per heavy atom. The van der Waals surface area contributed by atoms with Crippen LogP contribution in [0.4, 0.5) is 4.39 Å². The summed E-state index contributed by atoms with van der Waals surface area (Å²) in [4.78, 5) is 3.83. The molecular weight excluding hydrogens is 312 g/mol. The van der Waals surface area contributed by atoms with E-state index < -0.39 is 0 Å². The van der Waals surface area contributed by atoms with Gasteiger partial charge in [0, 0.05) is 5.33 Å². The molecule has 1 nitrogen and oxygen atoms in total. The van der Waals surface area contributed by atoms with Gasteiger partial charge in [-0.2, -0.15) is 0 Å². The van der Waals surface area contributed by atoms with Crippen LogP contribution in [0.5, 0.6) is 0 Å². The van der Waals surface area contributed by atoms with Crippen molar-refractivity contribution in [2.24, 2.45) is 0 Å². The maximum absolute atomic E-state index is 12.5. The number of aromatic nitrogens is 1. The van der Waals surface area contributed by atoms with Crippen molar-refractivity contribution in [1.29, 1.82) is 0 Å². The molecule has 0 aliphatic heterocycles. The summed E-state index contributed by atoms with van der Waals surface area (Å²) in [6, 6.07) is 1.71. The molecule has 0 N–H and O–H groups in total. The minimum Gasteiger partial charge on any atom is -0.257 e. The van der Waals surface area contributed by atoms with Crippen LogP contribution in [0.15, 0.2) is 12.3 Å². The van der Waals surface area contributed by atoms with E-state index in [0.29, 0.717) is 8.90 Å². The molecule has 10 heavy (non-hydrogen) atoms. The number of alkyl halides is 1. The predicted molar refractivity (Wildman–Crippen MR) is 49.5 cm³/mol. The second-order valence-electron chi connectivity index (χ2n) is 1.72. The Morgan fingerprint density at radius 1 is 1.70 bits per heavy atom. The molecule has 1 rings (SSSR count). The molecule has 0 bridgehead atoms. The summed E-state index contributed by atoms with van der Waals surface area (Å²) in [5, 5.41) is 0.670. The highest BCUT2D eigenvalue weighted by atomic mass is 127. The monoisotopic (exact) mass is 315 g/mol. The van der Waals surface area contributed by atoms with E-state index >= 15 is 0 Å². The standard InChI is InChI=1S/C6H4BrFIN/c7-2-4-1-6(9)5(8)3-10-4/h1,3H,2H2. The van der Waals surface area contributed by atoms with Crippen molar-refractivity contribution >= 4 is 38.5 Å². The van der Waals surface area contributed by atoms with Gasteiger partial charge in [0.2, 0.25) is 0 Å². The third kappa shape index (κ3) is 1.88. The average Bonchev–Trinajstić information content (AvgIpc) is 1.95. The summed E-state index contributed by atoms with van der Waals surface area (Å²) >= 11 is 5.17. The molecule has 0 spiro atoms. The third-order valence-electron chi connectivity index (χ3n) is 1.00. The second-order valence-corrected chi connectivity index (χ2v) is 3.45. The summed E-state index contributed by atoms with van der Waals surface area (Å²) in [5.41, 5.74) is 0.853. The Hall–Kier alpha value is 0.290. The Kier molecular flexibility index (Phi) is 3.03. The summed E-state index contributed by atoms with van der Waals surface area (Å²) in [5.74, 6) is -0.259. The molecular formula is C6H4BrFIN. The number of nitrogens with zero attached hydrogens (tertiary/aromatic N) is 1. The van der Waals surface area contributed by atoms with E-state index in [-0.39, 0.29) is 5.82 Å². The molecule has 0 saturated carbocycles. The van der Waals surface area contributed by atoms with Gasteiger partial charge in [-0.1, -0.05) is 15.9 Å². The quantitative estimate of drug-likeness (QED) is 0.573. The topological polar surface area (TPSA) is 12.9 Å². The van der Waals surface area contributed by atoms with Crippen molar-refractivity contribution in [1.82, 2.24) is 4.98 Å². The Labute approximate surface area is 80.3 Å². The first-order valence-corrected chi connectivity index (χ1v) is 4.80. The SMILES string of the molecule is Fc1cnc(CBr)cc1I. The van der Waals surface area contributed by atoms with Crippen molar-refractivity contribution in [3.63, 3.8) is 0 Å². The molecule has 0 aliphatic rings. The van der Waals surface area contributed by atoms with Gasteiger partial charge in [-0.15, -0.1) is 0 Å². The predicted octanol–water partition coefficient (Wildman–Crippen LogP) is 2.72. The lowest BCUT2D eigenvalue weighted by molar-refractivity contribution is 0.612. The first-order valence-electron chi connectivity index (χ1n) is 2.60. The van der Waals surface area contributed by atoms with Gasteiger partial charge in [0.05, 0.1) is 15.5 Å². The highest BCUT2D eigenvalue weighted by molar-refractivity contribution is 14.1. The molecule has 0 radical (unpaired) electrons. The minimum atomic E-state index is -0.259. The summed E-state index contributed by atoms with van der Waals surface area (Å²) in [7, 11) is 0. The summed E-state index contributed by atoms with van der Waals surface area (Å²) in [6.07, 6.45) is 1.23. The first-order chi connectivity index (χ1) is 4.74. The van der Waals surface area contributed by atoms with Gasteiger partial charge in [-0.25, -0.2) is 4.39 Å². The van der Waals surface area contributed by atoms with Crippen molar-refractivity contribution in [2.75, 3.05) is 0 Å². The van der Waals surface area contributed by atoms with Crippen molar-refractivity contribution < 1.29 is 4.39 Å². The van der Waals surface area contributed by atoms with Crippen LogP contribution in [-0.2, 0) is 5.33 Å². The zero-order valence-corrected chi connectivity index (χ0v) is 8.69. The van der Waals surface area contributed by atoms with Gasteiger partial charge < -0.3 is 0 Å². The van der Waals surface area contributed by atoms with Crippen LogP contribution < -0.4 is 0 Å². The van der Waals surface area contributed by atoms with E-state index in [0.717, 1.165) is 5.69 Å².